The number of aromatic nitrogens is 1. The summed E-state index contributed by atoms with van der Waals surface area (Å²) in [6, 6.07) is 11.6. The zero-order chi connectivity index (χ0) is 23.9. The number of hydrogen-bond acceptors (Lipinski definition) is 6. The van der Waals surface area contributed by atoms with Crippen molar-refractivity contribution < 1.29 is 14.6 Å². The van der Waals surface area contributed by atoms with Crippen molar-refractivity contribution >= 4 is 33.9 Å². The van der Waals surface area contributed by atoms with Gasteiger partial charge in [-0.25, -0.2) is 4.79 Å². The lowest BCUT2D eigenvalue weighted by Crippen LogP contribution is -2.46. The van der Waals surface area contributed by atoms with Gasteiger partial charge >= 0.3 is 5.97 Å². The third kappa shape index (κ3) is 4.20. The van der Waals surface area contributed by atoms with Crippen LogP contribution in [0.3, 0.4) is 0 Å². The molecule has 0 spiro atoms. The maximum absolute atomic E-state index is 12.9. The zero-order valence-electron chi connectivity index (χ0n) is 19.5. The van der Waals surface area contributed by atoms with Crippen LogP contribution in [-0.2, 0) is 5.54 Å². The number of methoxy groups -OCH3 is 1. The van der Waals surface area contributed by atoms with E-state index in [9.17, 15) is 14.7 Å². The average molecular weight is 451 g/mol. The number of fused-ring (bicyclic) bond motifs is 1. The molecule has 33 heavy (non-hydrogen) atoms. The fraction of sp³-hybridized carbons (Fsp3) is 0.360. The third-order valence-electron chi connectivity index (χ3n) is 6.16. The highest BCUT2D eigenvalue weighted by molar-refractivity contribution is 5.96. The molecular weight excluding hydrogens is 420 g/mol. The van der Waals surface area contributed by atoms with E-state index in [4.69, 9.17) is 10.5 Å². The summed E-state index contributed by atoms with van der Waals surface area (Å²) in [5.74, 6) is -0.408. The van der Waals surface area contributed by atoms with Crippen molar-refractivity contribution in [3.05, 3.63) is 58.4 Å². The molecule has 3 aromatic rings. The molecule has 0 atom stereocenters. The Morgan fingerprint density at radius 2 is 1.64 bits per heavy atom. The van der Waals surface area contributed by atoms with Crippen molar-refractivity contribution in [3.63, 3.8) is 0 Å². The van der Waals surface area contributed by atoms with E-state index < -0.39 is 16.9 Å². The fourth-order valence-electron chi connectivity index (χ4n) is 4.36. The number of hydrogen-bond donors (Lipinski definition) is 2. The Bertz CT molecular complexity index is 1250. The van der Waals surface area contributed by atoms with Crippen LogP contribution in [-0.4, -0.2) is 48.9 Å². The number of rotatable bonds is 4. The van der Waals surface area contributed by atoms with Crippen LogP contribution in [0.1, 0.15) is 31.1 Å². The van der Waals surface area contributed by atoms with E-state index in [-0.39, 0.29) is 5.56 Å². The molecule has 1 aliphatic heterocycles. The van der Waals surface area contributed by atoms with E-state index in [1.54, 1.807) is 13.2 Å². The highest BCUT2D eigenvalue weighted by atomic mass is 16.5. The number of carboxylic acids is 1. The molecule has 0 saturated carbocycles. The number of nitrogens with zero attached hydrogens (tertiary/aromatic N) is 3. The SMILES string of the molecule is COc1ccc(N2CCN(c3cc4c(cc3N)c(=O)c(C(=O)O)cn4C(C)(C)C)CC2)cc1. The van der Waals surface area contributed by atoms with E-state index in [1.807, 2.05) is 43.5 Å². The predicted molar refractivity (Wildman–Crippen MR) is 132 cm³/mol. The van der Waals surface area contributed by atoms with Crippen molar-refractivity contribution in [3.8, 4) is 5.75 Å². The standard InChI is InChI=1S/C25H30N4O4/c1-25(2,3)29-15-19(24(31)32)23(30)18-13-20(26)22(14-21(18)29)28-11-9-27(10-12-28)16-5-7-17(33-4)8-6-16/h5-8,13-15H,9-12,26H2,1-4H3,(H,31,32). The molecule has 1 saturated heterocycles. The van der Waals surface area contributed by atoms with Crippen LogP contribution in [0.4, 0.5) is 17.1 Å². The van der Waals surface area contributed by atoms with Gasteiger partial charge in [-0.15, -0.1) is 0 Å². The van der Waals surface area contributed by atoms with Gasteiger partial charge in [-0.3, -0.25) is 4.79 Å². The first kappa shape index (κ1) is 22.5. The lowest BCUT2D eigenvalue weighted by molar-refractivity contribution is 0.0694. The second-order valence-electron chi connectivity index (χ2n) is 9.32. The molecule has 3 N–H and O–H groups in total. The lowest BCUT2D eigenvalue weighted by Gasteiger charge is -2.38. The van der Waals surface area contributed by atoms with Gasteiger partial charge in [0, 0.05) is 49.0 Å². The zero-order valence-corrected chi connectivity index (χ0v) is 19.5. The van der Waals surface area contributed by atoms with Crippen molar-refractivity contribution in [2.45, 2.75) is 26.3 Å². The van der Waals surface area contributed by atoms with Crippen molar-refractivity contribution in [1.29, 1.82) is 0 Å². The van der Waals surface area contributed by atoms with Gasteiger partial charge in [-0.2, -0.15) is 0 Å². The summed E-state index contributed by atoms with van der Waals surface area (Å²) in [5.41, 5.74) is 8.35. The van der Waals surface area contributed by atoms with E-state index in [0.717, 1.165) is 43.3 Å². The quantitative estimate of drug-likeness (QED) is 0.588. The monoisotopic (exact) mass is 450 g/mol. The summed E-state index contributed by atoms with van der Waals surface area (Å²) in [5, 5.41) is 9.85. The van der Waals surface area contributed by atoms with Gasteiger partial charge < -0.3 is 29.9 Å². The summed E-state index contributed by atoms with van der Waals surface area (Å²) in [7, 11) is 1.66. The maximum Gasteiger partial charge on any atom is 0.341 e. The molecule has 4 rings (SSSR count). The smallest absolute Gasteiger partial charge is 0.341 e. The fourth-order valence-corrected chi connectivity index (χ4v) is 4.36. The number of aromatic carboxylic acids is 1. The number of nitrogen functional groups attached to an aromatic ring is 1. The van der Waals surface area contributed by atoms with Gasteiger partial charge in [0.2, 0.25) is 5.43 Å². The van der Waals surface area contributed by atoms with Crippen molar-refractivity contribution in [2.75, 3.05) is 48.8 Å². The molecule has 0 unspecified atom stereocenters. The van der Waals surface area contributed by atoms with Crippen LogP contribution < -0.4 is 25.7 Å². The van der Waals surface area contributed by atoms with Crippen LogP contribution in [0, 0.1) is 0 Å². The highest BCUT2D eigenvalue weighted by Crippen LogP contribution is 2.32. The maximum atomic E-state index is 12.9. The van der Waals surface area contributed by atoms with E-state index in [2.05, 4.69) is 21.9 Å². The molecule has 1 fully saturated rings. The normalized spacial score (nSPS) is 14.5. The van der Waals surface area contributed by atoms with Gasteiger partial charge in [0.05, 0.1) is 24.0 Å². The number of pyridine rings is 1. The summed E-state index contributed by atoms with van der Waals surface area (Å²) < 4.78 is 7.10. The molecular formula is C25H30N4O4. The summed E-state index contributed by atoms with van der Waals surface area (Å²) in [6.45, 7) is 9.13. The number of anilines is 3. The van der Waals surface area contributed by atoms with Crippen LogP contribution in [0.25, 0.3) is 10.9 Å². The average Bonchev–Trinajstić information content (AvgIpc) is 2.78. The first-order chi connectivity index (χ1) is 15.6. The van der Waals surface area contributed by atoms with Crippen LogP contribution in [0.5, 0.6) is 5.75 Å². The van der Waals surface area contributed by atoms with Crippen LogP contribution >= 0.6 is 0 Å². The van der Waals surface area contributed by atoms with Gasteiger partial charge in [0.15, 0.2) is 0 Å². The topological polar surface area (TPSA) is 101 Å². The highest BCUT2D eigenvalue weighted by Gasteiger charge is 2.24. The Morgan fingerprint density at radius 1 is 1.03 bits per heavy atom. The number of benzene rings is 2. The molecule has 174 valence electrons. The predicted octanol–water partition coefficient (Wildman–Crippen LogP) is 3.37. The molecule has 0 bridgehead atoms. The molecule has 1 aromatic heterocycles. The van der Waals surface area contributed by atoms with Gasteiger partial charge in [-0.05, 0) is 57.2 Å². The van der Waals surface area contributed by atoms with Crippen LogP contribution in [0.15, 0.2) is 47.4 Å². The van der Waals surface area contributed by atoms with Gasteiger partial charge in [0.25, 0.3) is 0 Å². The molecule has 8 nitrogen and oxygen atoms in total. The number of nitrogens with two attached hydrogens (primary N) is 1. The summed E-state index contributed by atoms with van der Waals surface area (Å²) in [4.78, 5) is 29.1. The molecule has 0 amide bonds. The molecule has 2 aromatic carbocycles. The molecule has 0 aliphatic carbocycles. The Morgan fingerprint density at radius 3 is 2.18 bits per heavy atom. The third-order valence-corrected chi connectivity index (χ3v) is 6.16. The van der Waals surface area contributed by atoms with E-state index in [1.165, 1.54) is 6.20 Å². The second kappa shape index (κ2) is 8.35. The Balaban J connectivity index is 1.69. The van der Waals surface area contributed by atoms with E-state index >= 15 is 0 Å². The Hall–Kier alpha value is -3.68. The van der Waals surface area contributed by atoms with Gasteiger partial charge in [-0.1, -0.05) is 0 Å². The van der Waals surface area contributed by atoms with Gasteiger partial charge in [0.1, 0.15) is 11.3 Å². The molecule has 0 radical (unpaired) electrons. The Labute approximate surface area is 192 Å². The first-order valence-corrected chi connectivity index (χ1v) is 11.0. The molecule has 1 aliphatic rings. The summed E-state index contributed by atoms with van der Waals surface area (Å²) in [6.07, 6.45) is 1.44. The second-order valence-corrected chi connectivity index (χ2v) is 9.32. The number of ether oxygens (including phenoxy) is 1. The largest absolute Gasteiger partial charge is 0.497 e. The number of carbonyl (C=O) groups is 1. The number of carboxylic acid groups (broad SMARTS) is 1. The molecule has 8 heteroatoms. The lowest BCUT2D eigenvalue weighted by atomic mass is 10.0. The Kier molecular flexibility index (Phi) is 5.69. The van der Waals surface area contributed by atoms with Crippen molar-refractivity contribution in [1.82, 2.24) is 4.57 Å². The van der Waals surface area contributed by atoms with Crippen molar-refractivity contribution in [2.24, 2.45) is 0 Å². The minimum absolute atomic E-state index is 0.252. The minimum atomic E-state index is -1.24. The summed E-state index contributed by atoms with van der Waals surface area (Å²) >= 11 is 0. The minimum Gasteiger partial charge on any atom is -0.497 e. The first-order valence-electron chi connectivity index (χ1n) is 11.0. The van der Waals surface area contributed by atoms with Crippen LogP contribution in [0.2, 0.25) is 0 Å². The molecule has 2 heterocycles. The van der Waals surface area contributed by atoms with E-state index in [0.29, 0.717) is 16.6 Å². The number of piperazine rings is 1.